The number of hydrogen-bond donors (Lipinski definition) is 1. The normalized spacial score (nSPS) is 20.0. The van der Waals surface area contributed by atoms with E-state index in [1.54, 1.807) is 6.07 Å². The van der Waals surface area contributed by atoms with E-state index in [9.17, 15) is 4.39 Å². The van der Waals surface area contributed by atoms with Crippen molar-refractivity contribution in [1.82, 2.24) is 9.80 Å². The van der Waals surface area contributed by atoms with Gasteiger partial charge in [-0.2, -0.15) is 0 Å². The molecule has 2 N–H and O–H groups in total. The molecular weight excluding hydrogens is 253 g/mol. The number of piperazine rings is 1. The minimum atomic E-state index is -0.301. The quantitative estimate of drug-likeness (QED) is 0.909. The van der Waals surface area contributed by atoms with Crippen LogP contribution in [0.4, 0.5) is 4.39 Å². The van der Waals surface area contributed by atoms with E-state index in [4.69, 9.17) is 17.3 Å². The van der Waals surface area contributed by atoms with Gasteiger partial charge >= 0.3 is 0 Å². The average molecular weight is 272 g/mol. The van der Waals surface area contributed by atoms with Crippen LogP contribution in [0.5, 0.6) is 0 Å². The van der Waals surface area contributed by atoms with Gasteiger partial charge in [-0.1, -0.05) is 11.6 Å². The fourth-order valence-corrected chi connectivity index (χ4v) is 2.63. The molecule has 0 radical (unpaired) electrons. The minimum Gasteiger partial charge on any atom is -0.329 e. The third-order valence-electron chi connectivity index (χ3n) is 3.47. The maximum Gasteiger partial charge on any atom is 0.125 e. The fourth-order valence-electron chi connectivity index (χ4n) is 2.40. The van der Waals surface area contributed by atoms with Gasteiger partial charge in [0.2, 0.25) is 0 Å². The van der Waals surface area contributed by atoms with Gasteiger partial charge in [-0.15, -0.1) is 0 Å². The lowest BCUT2D eigenvalue weighted by atomic mass is 10.0. The smallest absolute Gasteiger partial charge is 0.125 e. The van der Waals surface area contributed by atoms with E-state index in [0.29, 0.717) is 11.6 Å². The summed E-state index contributed by atoms with van der Waals surface area (Å²) in [4.78, 5) is 4.58. The first-order valence-corrected chi connectivity index (χ1v) is 6.56. The lowest BCUT2D eigenvalue weighted by molar-refractivity contribution is 0.114. The van der Waals surface area contributed by atoms with Gasteiger partial charge in [0.15, 0.2) is 0 Å². The largest absolute Gasteiger partial charge is 0.329 e. The molecule has 1 atom stereocenters. The van der Waals surface area contributed by atoms with Crippen LogP contribution in [0.3, 0.4) is 0 Å². The Labute approximate surface area is 112 Å². The van der Waals surface area contributed by atoms with Gasteiger partial charge in [0.1, 0.15) is 5.82 Å². The molecule has 3 nitrogen and oxygen atoms in total. The van der Waals surface area contributed by atoms with Gasteiger partial charge in [-0.3, -0.25) is 4.90 Å². The van der Waals surface area contributed by atoms with Crippen LogP contribution in [-0.2, 0) is 0 Å². The Balaban J connectivity index is 2.17. The van der Waals surface area contributed by atoms with E-state index in [2.05, 4.69) is 16.8 Å². The Morgan fingerprint density at radius 3 is 2.50 bits per heavy atom. The minimum absolute atomic E-state index is 0.0481. The number of benzene rings is 1. The molecule has 1 unspecified atom stereocenters. The Hall–Kier alpha value is -0.680. The number of halogens is 2. The second kappa shape index (κ2) is 5.97. The monoisotopic (exact) mass is 271 g/mol. The molecule has 0 bridgehead atoms. The molecule has 1 aromatic rings. The SMILES string of the molecule is CN1CCN(C(CN)c2cc(F)cc(Cl)c2)CC1. The highest BCUT2D eigenvalue weighted by Gasteiger charge is 2.23. The molecule has 1 aliphatic rings. The van der Waals surface area contributed by atoms with Crippen molar-refractivity contribution in [3.05, 3.63) is 34.6 Å². The molecule has 1 saturated heterocycles. The summed E-state index contributed by atoms with van der Waals surface area (Å²) in [6.07, 6.45) is 0. The number of likely N-dealkylation sites (N-methyl/N-ethyl adjacent to an activating group) is 1. The zero-order valence-corrected chi connectivity index (χ0v) is 11.3. The molecule has 1 aliphatic heterocycles. The molecule has 18 heavy (non-hydrogen) atoms. The lowest BCUT2D eigenvalue weighted by Crippen LogP contribution is -2.47. The molecule has 0 aromatic heterocycles. The van der Waals surface area contributed by atoms with E-state index < -0.39 is 0 Å². The third kappa shape index (κ3) is 3.20. The van der Waals surface area contributed by atoms with Crippen molar-refractivity contribution in [2.75, 3.05) is 39.8 Å². The van der Waals surface area contributed by atoms with Gasteiger partial charge in [0, 0.05) is 43.8 Å². The van der Waals surface area contributed by atoms with Crippen LogP contribution in [0.15, 0.2) is 18.2 Å². The maximum atomic E-state index is 13.4. The number of rotatable bonds is 3. The van der Waals surface area contributed by atoms with Crippen molar-refractivity contribution in [3.8, 4) is 0 Å². The molecular formula is C13H19ClFN3. The molecule has 100 valence electrons. The van der Waals surface area contributed by atoms with E-state index in [0.717, 1.165) is 31.7 Å². The topological polar surface area (TPSA) is 32.5 Å². The van der Waals surface area contributed by atoms with Gasteiger partial charge in [-0.05, 0) is 30.8 Å². The van der Waals surface area contributed by atoms with E-state index in [-0.39, 0.29) is 11.9 Å². The molecule has 1 fully saturated rings. The van der Waals surface area contributed by atoms with Gasteiger partial charge in [-0.25, -0.2) is 4.39 Å². The number of nitrogens with zero attached hydrogens (tertiary/aromatic N) is 2. The zero-order chi connectivity index (χ0) is 13.1. The van der Waals surface area contributed by atoms with Crippen LogP contribution in [0.25, 0.3) is 0 Å². The summed E-state index contributed by atoms with van der Waals surface area (Å²) in [5, 5.41) is 0.428. The van der Waals surface area contributed by atoms with E-state index in [1.807, 2.05) is 0 Å². The van der Waals surface area contributed by atoms with Crippen LogP contribution in [0, 0.1) is 5.82 Å². The van der Waals surface area contributed by atoms with Crippen molar-refractivity contribution >= 4 is 11.6 Å². The summed E-state index contributed by atoms with van der Waals surface area (Å²) in [7, 11) is 2.11. The number of hydrogen-bond acceptors (Lipinski definition) is 3. The second-order valence-electron chi connectivity index (χ2n) is 4.79. The van der Waals surface area contributed by atoms with Crippen molar-refractivity contribution in [2.24, 2.45) is 5.73 Å². The summed E-state index contributed by atoms with van der Waals surface area (Å²) in [6, 6.07) is 4.71. The Kier molecular flexibility index (Phi) is 4.56. The molecule has 0 saturated carbocycles. The Morgan fingerprint density at radius 1 is 1.28 bits per heavy atom. The van der Waals surface area contributed by atoms with Crippen LogP contribution >= 0.6 is 11.6 Å². The second-order valence-corrected chi connectivity index (χ2v) is 5.23. The zero-order valence-electron chi connectivity index (χ0n) is 10.6. The summed E-state index contributed by atoms with van der Waals surface area (Å²) in [6.45, 7) is 4.40. The summed E-state index contributed by atoms with van der Waals surface area (Å²) < 4.78 is 13.4. The van der Waals surface area contributed by atoms with Crippen LogP contribution < -0.4 is 5.73 Å². The van der Waals surface area contributed by atoms with E-state index >= 15 is 0 Å². The van der Waals surface area contributed by atoms with Crippen LogP contribution in [-0.4, -0.2) is 49.6 Å². The molecule has 0 aliphatic carbocycles. The molecule has 2 rings (SSSR count). The van der Waals surface area contributed by atoms with Gasteiger partial charge < -0.3 is 10.6 Å². The van der Waals surface area contributed by atoms with E-state index in [1.165, 1.54) is 12.1 Å². The highest BCUT2D eigenvalue weighted by Crippen LogP contribution is 2.24. The molecule has 0 amide bonds. The lowest BCUT2D eigenvalue weighted by Gasteiger charge is -2.37. The predicted octanol–water partition coefficient (Wildman–Crippen LogP) is 1.73. The van der Waals surface area contributed by atoms with Crippen molar-refractivity contribution in [3.63, 3.8) is 0 Å². The van der Waals surface area contributed by atoms with Crippen molar-refractivity contribution in [2.45, 2.75) is 6.04 Å². The van der Waals surface area contributed by atoms with Gasteiger partial charge in [0.25, 0.3) is 0 Å². The summed E-state index contributed by atoms with van der Waals surface area (Å²) in [5.41, 5.74) is 6.72. The third-order valence-corrected chi connectivity index (χ3v) is 3.69. The highest BCUT2D eigenvalue weighted by atomic mass is 35.5. The standard InChI is InChI=1S/C13H19ClFN3/c1-17-2-4-18(5-3-17)13(9-16)10-6-11(14)8-12(15)7-10/h6-8,13H,2-5,9,16H2,1H3. The molecule has 1 aromatic carbocycles. The van der Waals surface area contributed by atoms with Crippen LogP contribution in [0.1, 0.15) is 11.6 Å². The molecule has 0 spiro atoms. The highest BCUT2D eigenvalue weighted by molar-refractivity contribution is 6.30. The average Bonchev–Trinajstić information content (AvgIpc) is 2.31. The van der Waals surface area contributed by atoms with Crippen molar-refractivity contribution < 1.29 is 4.39 Å². The summed E-state index contributed by atoms with van der Waals surface area (Å²) in [5.74, 6) is -0.301. The predicted molar refractivity (Wildman–Crippen MR) is 72.3 cm³/mol. The first kappa shape index (κ1) is 13.7. The van der Waals surface area contributed by atoms with Crippen LogP contribution in [0.2, 0.25) is 5.02 Å². The molecule has 5 heteroatoms. The first-order chi connectivity index (χ1) is 8.60. The molecule has 1 heterocycles. The Morgan fingerprint density at radius 2 is 1.94 bits per heavy atom. The van der Waals surface area contributed by atoms with Gasteiger partial charge in [0.05, 0.1) is 0 Å². The maximum absolute atomic E-state index is 13.4. The number of nitrogens with two attached hydrogens (primary N) is 1. The Bertz CT molecular complexity index is 385. The first-order valence-electron chi connectivity index (χ1n) is 6.19. The fraction of sp³-hybridized carbons (Fsp3) is 0.538. The summed E-state index contributed by atoms with van der Waals surface area (Å²) >= 11 is 5.91. The van der Waals surface area contributed by atoms with Crippen molar-refractivity contribution in [1.29, 1.82) is 0 Å².